The second-order valence-electron chi connectivity index (χ2n) is 7.19. The van der Waals surface area contributed by atoms with E-state index in [9.17, 15) is 19.2 Å². The fraction of sp³-hybridized carbons (Fsp3) is 0.304. The molecular formula is C23H24N2O5. The van der Waals surface area contributed by atoms with E-state index in [1.165, 1.54) is 28.0 Å². The van der Waals surface area contributed by atoms with Crippen LogP contribution in [0.1, 0.15) is 56.4 Å². The Morgan fingerprint density at radius 2 is 1.70 bits per heavy atom. The number of amides is 3. The molecule has 3 amide bonds. The van der Waals surface area contributed by atoms with Crippen LogP contribution in [0.15, 0.2) is 48.5 Å². The van der Waals surface area contributed by atoms with Gasteiger partial charge in [0, 0.05) is 20.1 Å². The number of rotatable bonds is 8. The van der Waals surface area contributed by atoms with E-state index >= 15 is 0 Å². The minimum Gasteiger partial charge on any atom is -0.452 e. The van der Waals surface area contributed by atoms with Gasteiger partial charge < -0.3 is 9.64 Å². The van der Waals surface area contributed by atoms with E-state index in [4.69, 9.17) is 4.74 Å². The van der Waals surface area contributed by atoms with Crippen LogP contribution in [0.3, 0.4) is 0 Å². The van der Waals surface area contributed by atoms with E-state index in [1.54, 1.807) is 7.05 Å². The number of unbranched alkanes of at least 4 members (excludes halogenated alkanes) is 1. The maximum Gasteiger partial charge on any atom is 0.338 e. The molecule has 1 heterocycles. The zero-order chi connectivity index (χ0) is 21.7. The third kappa shape index (κ3) is 4.56. The molecule has 0 N–H and O–H groups in total. The van der Waals surface area contributed by atoms with Crippen molar-refractivity contribution in [1.29, 1.82) is 0 Å². The third-order valence-electron chi connectivity index (χ3n) is 4.96. The highest BCUT2D eigenvalue weighted by Gasteiger charge is 2.35. The van der Waals surface area contributed by atoms with Crippen molar-refractivity contribution in [1.82, 2.24) is 9.80 Å². The fourth-order valence-corrected chi connectivity index (χ4v) is 3.20. The lowest BCUT2D eigenvalue weighted by atomic mass is 10.1. The molecule has 30 heavy (non-hydrogen) atoms. The van der Waals surface area contributed by atoms with Gasteiger partial charge in [-0.25, -0.2) is 4.79 Å². The first-order valence-corrected chi connectivity index (χ1v) is 9.87. The third-order valence-corrected chi connectivity index (χ3v) is 4.96. The lowest BCUT2D eigenvalue weighted by Gasteiger charge is -2.17. The average Bonchev–Trinajstić information content (AvgIpc) is 3.00. The predicted octanol–water partition coefficient (Wildman–Crippen LogP) is 2.90. The van der Waals surface area contributed by atoms with Gasteiger partial charge in [0.05, 0.1) is 16.7 Å². The lowest BCUT2D eigenvalue weighted by Crippen LogP contribution is -2.31. The summed E-state index contributed by atoms with van der Waals surface area (Å²) < 4.78 is 5.12. The molecule has 0 atom stereocenters. The van der Waals surface area contributed by atoms with Crippen LogP contribution in [0.25, 0.3) is 0 Å². The molecule has 1 aliphatic heterocycles. The van der Waals surface area contributed by atoms with Gasteiger partial charge in [-0.15, -0.1) is 0 Å². The first kappa shape index (κ1) is 21.2. The summed E-state index contributed by atoms with van der Waals surface area (Å²) in [7, 11) is 1.63. The molecular weight excluding hydrogens is 384 g/mol. The topological polar surface area (TPSA) is 84.0 Å². The normalized spacial score (nSPS) is 12.7. The highest BCUT2D eigenvalue weighted by atomic mass is 16.5. The van der Waals surface area contributed by atoms with Crippen molar-refractivity contribution in [3.8, 4) is 0 Å². The van der Waals surface area contributed by atoms with Crippen LogP contribution >= 0.6 is 0 Å². The zero-order valence-corrected chi connectivity index (χ0v) is 17.1. The fourth-order valence-electron chi connectivity index (χ4n) is 3.20. The number of carbonyl (C=O) groups is 4. The van der Waals surface area contributed by atoms with E-state index in [0.717, 1.165) is 18.4 Å². The van der Waals surface area contributed by atoms with Crippen molar-refractivity contribution in [2.45, 2.75) is 26.3 Å². The molecule has 1 aliphatic rings. The number of nitrogens with zero attached hydrogens (tertiary/aromatic N) is 2. The predicted molar refractivity (Wildman–Crippen MR) is 110 cm³/mol. The summed E-state index contributed by atoms with van der Waals surface area (Å²) in [6.07, 6.45) is 1.58. The Bertz CT molecular complexity index is 971. The second-order valence-corrected chi connectivity index (χ2v) is 7.19. The Morgan fingerprint density at radius 1 is 1.00 bits per heavy atom. The molecule has 7 nitrogen and oxygen atoms in total. The smallest absolute Gasteiger partial charge is 0.338 e. The van der Waals surface area contributed by atoms with Gasteiger partial charge in [0.1, 0.15) is 0 Å². The van der Waals surface area contributed by atoms with Gasteiger partial charge in [-0.3, -0.25) is 19.3 Å². The number of hydrogen-bond donors (Lipinski definition) is 0. The number of hydrogen-bond acceptors (Lipinski definition) is 5. The van der Waals surface area contributed by atoms with Gasteiger partial charge in [0.25, 0.3) is 17.7 Å². The first-order valence-electron chi connectivity index (χ1n) is 9.87. The molecule has 156 valence electrons. The molecule has 0 radical (unpaired) electrons. The van der Waals surface area contributed by atoms with Gasteiger partial charge in [-0.05, 0) is 30.2 Å². The highest BCUT2D eigenvalue weighted by molar-refractivity contribution is 6.21. The van der Waals surface area contributed by atoms with E-state index < -0.39 is 18.5 Å². The molecule has 0 saturated carbocycles. The summed E-state index contributed by atoms with van der Waals surface area (Å²) in [6, 6.07) is 13.7. The van der Waals surface area contributed by atoms with Crippen LogP contribution in [0.5, 0.6) is 0 Å². The quantitative estimate of drug-likeness (QED) is 0.495. The number of imide groups is 1. The van der Waals surface area contributed by atoms with Crippen molar-refractivity contribution >= 4 is 23.7 Å². The molecule has 0 fully saturated rings. The molecule has 0 unspecified atom stereocenters. The number of ether oxygens (including phenoxy) is 1. The SMILES string of the molecule is CCCCN1C(=O)c2ccc(C(=O)OCC(=O)N(C)Cc3ccccc3)cc2C1=O. The second kappa shape index (κ2) is 9.35. The van der Waals surface area contributed by atoms with Crippen LogP contribution < -0.4 is 0 Å². The van der Waals surface area contributed by atoms with Crippen LogP contribution in [0, 0.1) is 0 Å². The first-order chi connectivity index (χ1) is 14.4. The van der Waals surface area contributed by atoms with Crippen molar-refractivity contribution in [3.63, 3.8) is 0 Å². The minimum absolute atomic E-state index is 0.130. The molecule has 0 aromatic heterocycles. The molecule has 2 aromatic rings. The molecule has 7 heteroatoms. The Hall–Kier alpha value is -3.48. The lowest BCUT2D eigenvalue weighted by molar-refractivity contribution is -0.133. The number of carbonyl (C=O) groups excluding carboxylic acids is 4. The van der Waals surface area contributed by atoms with E-state index in [2.05, 4.69) is 0 Å². The van der Waals surface area contributed by atoms with E-state index in [1.807, 2.05) is 37.3 Å². The summed E-state index contributed by atoms with van der Waals surface area (Å²) in [5.41, 5.74) is 1.57. The zero-order valence-electron chi connectivity index (χ0n) is 17.1. The summed E-state index contributed by atoms with van der Waals surface area (Å²) in [5.74, 6) is -1.81. The molecule has 0 bridgehead atoms. The molecule has 0 saturated heterocycles. The largest absolute Gasteiger partial charge is 0.452 e. The monoisotopic (exact) mass is 408 g/mol. The van der Waals surface area contributed by atoms with Gasteiger partial charge >= 0.3 is 5.97 Å². The van der Waals surface area contributed by atoms with E-state index in [-0.39, 0.29) is 28.5 Å². The number of likely N-dealkylation sites (N-methyl/N-ethyl adjacent to an activating group) is 1. The maximum atomic E-state index is 12.5. The van der Waals surface area contributed by atoms with Crippen molar-refractivity contribution in [2.24, 2.45) is 0 Å². The summed E-state index contributed by atoms with van der Waals surface area (Å²) in [6.45, 7) is 2.32. The van der Waals surface area contributed by atoms with E-state index in [0.29, 0.717) is 13.1 Å². The highest BCUT2D eigenvalue weighted by Crippen LogP contribution is 2.24. The van der Waals surface area contributed by atoms with Crippen molar-refractivity contribution < 1.29 is 23.9 Å². The van der Waals surface area contributed by atoms with Crippen molar-refractivity contribution in [3.05, 3.63) is 70.8 Å². The number of fused-ring (bicyclic) bond motifs is 1. The minimum atomic E-state index is -0.716. The summed E-state index contributed by atoms with van der Waals surface area (Å²) >= 11 is 0. The Labute approximate surface area is 175 Å². The van der Waals surface area contributed by atoms with Crippen LogP contribution in [0.4, 0.5) is 0 Å². The van der Waals surface area contributed by atoms with Gasteiger partial charge in [0.15, 0.2) is 6.61 Å². The van der Waals surface area contributed by atoms with Crippen LogP contribution in [-0.2, 0) is 16.1 Å². The number of benzene rings is 2. The van der Waals surface area contributed by atoms with Gasteiger partial charge in [-0.2, -0.15) is 0 Å². The van der Waals surface area contributed by atoms with Crippen molar-refractivity contribution in [2.75, 3.05) is 20.2 Å². The Balaban J connectivity index is 1.60. The van der Waals surface area contributed by atoms with Gasteiger partial charge in [0.2, 0.25) is 0 Å². The molecule has 0 aliphatic carbocycles. The molecule has 2 aromatic carbocycles. The Morgan fingerprint density at radius 3 is 2.40 bits per heavy atom. The Kier molecular flexibility index (Phi) is 6.61. The van der Waals surface area contributed by atoms with Gasteiger partial charge in [-0.1, -0.05) is 43.7 Å². The van der Waals surface area contributed by atoms with Crippen LogP contribution in [0.2, 0.25) is 0 Å². The summed E-state index contributed by atoms with van der Waals surface area (Å²) in [5, 5.41) is 0. The average molecular weight is 408 g/mol. The number of esters is 1. The van der Waals surface area contributed by atoms with Crippen LogP contribution in [-0.4, -0.2) is 53.7 Å². The molecule has 3 rings (SSSR count). The maximum absolute atomic E-state index is 12.5. The molecule has 0 spiro atoms. The standard InChI is InChI=1S/C23H24N2O5/c1-3-4-12-25-21(27)18-11-10-17(13-19(18)22(25)28)23(29)30-15-20(26)24(2)14-16-8-6-5-7-9-16/h5-11,13H,3-4,12,14-15H2,1-2H3. The summed E-state index contributed by atoms with van der Waals surface area (Å²) in [4.78, 5) is 52.2.